The zero-order valence-electron chi connectivity index (χ0n) is 9.40. The molecule has 0 spiro atoms. The van der Waals surface area contributed by atoms with E-state index in [0.29, 0.717) is 6.42 Å². The van der Waals surface area contributed by atoms with E-state index in [1.54, 1.807) is 0 Å². The molecule has 8 heteroatoms. The van der Waals surface area contributed by atoms with Gasteiger partial charge in [-0.1, -0.05) is 6.92 Å². The van der Waals surface area contributed by atoms with Crippen LogP contribution < -0.4 is 11.1 Å². The van der Waals surface area contributed by atoms with Crippen molar-refractivity contribution in [2.45, 2.75) is 19.6 Å². The molecule has 0 radical (unpaired) electrons. The first-order valence-corrected chi connectivity index (χ1v) is 6.06. The molecular formula is C7H18N2O5Si. The van der Waals surface area contributed by atoms with Crippen LogP contribution >= 0.6 is 0 Å². The van der Waals surface area contributed by atoms with Gasteiger partial charge in [0.05, 0.1) is 0 Å². The summed E-state index contributed by atoms with van der Waals surface area (Å²) in [6.07, 6.45) is -0.0673. The van der Waals surface area contributed by atoms with Crippen molar-refractivity contribution in [3.8, 4) is 0 Å². The molecule has 15 heavy (non-hydrogen) atoms. The van der Waals surface area contributed by atoms with Gasteiger partial charge in [-0.2, -0.15) is 0 Å². The number of urea groups is 1. The topological polar surface area (TPSA) is 92.0 Å². The van der Waals surface area contributed by atoms with Crippen LogP contribution in [-0.2, 0) is 17.7 Å². The van der Waals surface area contributed by atoms with Gasteiger partial charge in [0, 0.05) is 21.3 Å². The molecular weight excluding hydrogens is 220 g/mol. The first kappa shape index (κ1) is 14.3. The molecule has 0 saturated carbocycles. The molecule has 0 heterocycles. The van der Waals surface area contributed by atoms with E-state index < -0.39 is 21.3 Å². The van der Waals surface area contributed by atoms with Gasteiger partial charge in [-0.25, -0.2) is 4.79 Å². The van der Waals surface area contributed by atoms with Gasteiger partial charge in [0.15, 0.2) is 0 Å². The monoisotopic (exact) mass is 238 g/mol. The number of nitrogens with one attached hydrogen (secondary N) is 1. The van der Waals surface area contributed by atoms with Crippen molar-refractivity contribution in [1.29, 1.82) is 0 Å². The Morgan fingerprint density at radius 2 is 1.80 bits per heavy atom. The fraction of sp³-hybridized carbons (Fsp3) is 0.857. The van der Waals surface area contributed by atoms with Crippen molar-refractivity contribution in [3.63, 3.8) is 0 Å². The Kier molecular flexibility index (Phi) is 6.44. The third-order valence-corrected chi connectivity index (χ3v) is 3.78. The molecule has 0 saturated heterocycles. The van der Waals surface area contributed by atoms with E-state index in [9.17, 15) is 4.79 Å². The van der Waals surface area contributed by atoms with Gasteiger partial charge in [-0.3, -0.25) is 0 Å². The van der Waals surface area contributed by atoms with E-state index in [-0.39, 0.29) is 0 Å². The van der Waals surface area contributed by atoms with E-state index in [4.69, 9.17) is 23.4 Å². The normalized spacial score (nSPS) is 13.6. The van der Waals surface area contributed by atoms with Gasteiger partial charge in [0.25, 0.3) is 0 Å². The smallest absolute Gasteiger partial charge is 0.355 e. The fourth-order valence-corrected chi connectivity index (χ4v) is 2.30. The summed E-state index contributed by atoms with van der Waals surface area (Å²) in [6.45, 7) is 1.82. The van der Waals surface area contributed by atoms with Crippen LogP contribution in [0.1, 0.15) is 13.3 Å². The molecule has 0 aromatic carbocycles. The largest absolute Gasteiger partial charge is 0.680 e. The molecule has 1 unspecified atom stereocenters. The van der Waals surface area contributed by atoms with Crippen LogP contribution in [0.3, 0.4) is 0 Å². The van der Waals surface area contributed by atoms with Gasteiger partial charge in [-0.15, -0.1) is 0 Å². The number of carbonyl (C=O) groups excluding carboxylic acids is 1. The summed E-state index contributed by atoms with van der Waals surface area (Å²) in [4.78, 5) is 10.6. The van der Waals surface area contributed by atoms with E-state index in [0.717, 1.165) is 0 Å². The average Bonchev–Trinajstić information content (AvgIpc) is 2.24. The minimum atomic E-state index is -3.14. The highest BCUT2D eigenvalue weighted by atomic mass is 28.4. The van der Waals surface area contributed by atoms with Crippen molar-refractivity contribution >= 4 is 15.1 Å². The summed E-state index contributed by atoms with van der Waals surface area (Å²) in [5, 5.41) is 2.40. The lowest BCUT2D eigenvalue weighted by molar-refractivity contribution is -0.0286. The van der Waals surface area contributed by atoms with Crippen molar-refractivity contribution in [2.24, 2.45) is 5.73 Å². The number of nitrogens with two attached hydrogens (primary N) is 1. The molecule has 0 rings (SSSR count). The number of rotatable bonds is 7. The standard InChI is InChI=1S/C7H18N2O5Si/c1-5-6(9-7(8)10)14-15(11-2,12-3)13-4/h6H,5H2,1-4H3,(H3,8,9,10). The van der Waals surface area contributed by atoms with Gasteiger partial charge >= 0.3 is 15.1 Å². The molecule has 0 aromatic heterocycles. The summed E-state index contributed by atoms with van der Waals surface area (Å²) in [7, 11) is 1.10. The fourth-order valence-electron chi connectivity index (χ4n) is 0.942. The predicted molar refractivity (Wildman–Crippen MR) is 54.7 cm³/mol. The zero-order chi connectivity index (χ0) is 11.9. The number of carbonyl (C=O) groups is 1. The molecule has 0 aliphatic heterocycles. The summed E-state index contributed by atoms with van der Waals surface area (Å²) in [5.41, 5.74) is 4.98. The minimum Gasteiger partial charge on any atom is -0.355 e. The molecule has 0 aliphatic rings. The first-order valence-electron chi connectivity index (χ1n) is 4.42. The summed E-state index contributed by atoms with van der Waals surface area (Å²) >= 11 is 0. The quantitative estimate of drug-likeness (QED) is 0.472. The van der Waals surface area contributed by atoms with E-state index in [1.807, 2.05) is 6.92 Å². The third kappa shape index (κ3) is 4.58. The number of primary amides is 1. The summed E-state index contributed by atoms with van der Waals surface area (Å²) in [6, 6.07) is -0.673. The molecule has 0 aromatic rings. The molecule has 0 bridgehead atoms. The van der Waals surface area contributed by atoms with Crippen LogP contribution in [0, 0.1) is 0 Å². The highest BCUT2D eigenvalue weighted by molar-refractivity contribution is 6.53. The lowest BCUT2D eigenvalue weighted by atomic mass is 10.4. The second-order valence-electron chi connectivity index (χ2n) is 2.64. The lowest BCUT2D eigenvalue weighted by Gasteiger charge is -2.27. The second kappa shape index (κ2) is 6.75. The Morgan fingerprint density at radius 3 is 2.07 bits per heavy atom. The van der Waals surface area contributed by atoms with Crippen molar-refractivity contribution in [1.82, 2.24) is 5.32 Å². The molecule has 3 N–H and O–H groups in total. The van der Waals surface area contributed by atoms with E-state index in [2.05, 4.69) is 5.32 Å². The molecule has 2 amide bonds. The molecule has 1 atom stereocenters. The van der Waals surface area contributed by atoms with Crippen molar-refractivity contribution < 1.29 is 22.5 Å². The van der Waals surface area contributed by atoms with Crippen molar-refractivity contribution in [2.75, 3.05) is 21.3 Å². The zero-order valence-corrected chi connectivity index (χ0v) is 10.4. The SMILES string of the molecule is CCC(NC(N)=O)O[Si](OC)(OC)OC. The maximum atomic E-state index is 10.6. The number of amides is 2. The number of hydrogen-bond acceptors (Lipinski definition) is 5. The minimum absolute atomic E-state index is 0.522. The van der Waals surface area contributed by atoms with Crippen LogP contribution in [0.4, 0.5) is 4.79 Å². The van der Waals surface area contributed by atoms with Gasteiger partial charge in [-0.05, 0) is 6.42 Å². The highest BCUT2D eigenvalue weighted by Gasteiger charge is 2.44. The Morgan fingerprint density at radius 1 is 1.33 bits per heavy atom. The van der Waals surface area contributed by atoms with E-state index >= 15 is 0 Å². The molecule has 0 fully saturated rings. The van der Waals surface area contributed by atoms with Gasteiger partial charge in [0.1, 0.15) is 6.23 Å². The van der Waals surface area contributed by atoms with E-state index in [1.165, 1.54) is 21.3 Å². The molecule has 0 aliphatic carbocycles. The lowest BCUT2D eigenvalue weighted by Crippen LogP contribution is -2.53. The Hall–Kier alpha value is -0.673. The summed E-state index contributed by atoms with van der Waals surface area (Å²) in [5.74, 6) is 0. The molecule has 7 nitrogen and oxygen atoms in total. The first-order chi connectivity index (χ1) is 7.03. The van der Waals surface area contributed by atoms with Crippen LogP contribution in [0.2, 0.25) is 0 Å². The van der Waals surface area contributed by atoms with Crippen LogP contribution in [0.15, 0.2) is 0 Å². The van der Waals surface area contributed by atoms with Crippen LogP contribution in [0.25, 0.3) is 0 Å². The Balaban J connectivity index is 4.40. The number of hydrogen-bond donors (Lipinski definition) is 2. The highest BCUT2D eigenvalue weighted by Crippen LogP contribution is 2.11. The average molecular weight is 238 g/mol. The Bertz CT molecular complexity index is 192. The van der Waals surface area contributed by atoms with Gasteiger partial charge < -0.3 is 28.8 Å². The predicted octanol–water partition coefficient (Wildman–Crippen LogP) is -0.218. The van der Waals surface area contributed by atoms with Crippen molar-refractivity contribution in [3.05, 3.63) is 0 Å². The third-order valence-electron chi connectivity index (χ3n) is 1.71. The Labute approximate surface area is 90.3 Å². The van der Waals surface area contributed by atoms with Gasteiger partial charge in [0.2, 0.25) is 0 Å². The van der Waals surface area contributed by atoms with Crippen LogP contribution in [0.5, 0.6) is 0 Å². The maximum absolute atomic E-state index is 10.6. The summed E-state index contributed by atoms with van der Waals surface area (Å²) < 4.78 is 20.5. The second-order valence-corrected chi connectivity index (χ2v) is 5.10. The maximum Gasteiger partial charge on any atom is 0.680 e. The van der Waals surface area contributed by atoms with Crippen LogP contribution in [-0.4, -0.2) is 42.6 Å². The molecule has 90 valence electrons.